The number of carbonyl (C=O) groups is 1. The van der Waals surface area contributed by atoms with E-state index in [-0.39, 0.29) is 11.4 Å². The van der Waals surface area contributed by atoms with Gasteiger partial charge in [-0.25, -0.2) is 13.1 Å². The second kappa shape index (κ2) is 7.02. The van der Waals surface area contributed by atoms with Crippen molar-refractivity contribution in [3.05, 3.63) is 28.7 Å². The van der Waals surface area contributed by atoms with Crippen molar-refractivity contribution in [2.75, 3.05) is 6.54 Å². The first-order valence-corrected chi connectivity index (χ1v) is 8.13. The van der Waals surface area contributed by atoms with Crippen molar-refractivity contribution in [3.8, 4) is 0 Å². The van der Waals surface area contributed by atoms with Gasteiger partial charge in [-0.15, -0.1) is 0 Å². The predicted octanol–water partition coefficient (Wildman–Crippen LogP) is 2.23. The largest absolute Gasteiger partial charge is 0.481 e. The highest BCUT2D eigenvalue weighted by atomic mass is 79.9. The number of benzene rings is 1. The van der Waals surface area contributed by atoms with E-state index in [9.17, 15) is 13.2 Å². The Bertz CT molecular complexity index is 544. The van der Waals surface area contributed by atoms with Gasteiger partial charge >= 0.3 is 5.97 Å². The molecule has 19 heavy (non-hydrogen) atoms. The number of carboxylic acids is 1. The highest BCUT2D eigenvalue weighted by Crippen LogP contribution is 2.21. The number of aliphatic carboxylic acids is 1. The standard InChI is InChI=1S/C12H16BrNO4S/c1-2-5-9(12(15)16)8-14-19(17,18)11-7-4-3-6-10(11)13/h3-4,6-7,9,14H,2,5,8H2,1H3,(H,15,16). The topological polar surface area (TPSA) is 83.5 Å². The molecule has 0 spiro atoms. The van der Waals surface area contributed by atoms with E-state index in [1.165, 1.54) is 6.07 Å². The van der Waals surface area contributed by atoms with Crippen molar-refractivity contribution in [1.29, 1.82) is 0 Å². The van der Waals surface area contributed by atoms with E-state index in [0.717, 1.165) is 0 Å². The molecule has 2 N–H and O–H groups in total. The smallest absolute Gasteiger partial charge is 0.307 e. The zero-order chi connectivity index (χ0) is 14.5. The van der Waals surface area contributed by atoms with Crippen LogP contribution in [0.15, 0.2) is 33.6 Å². The first-order chi connectivity index (χ1) is 8.88. The van der Waals surface area contributed by atoms with Gasteiger partial charge in [-0.2, -0.15) is 0 Å². The van der Waals surface area contributed by atoms with Gasteiger partial charge in [-0.3, -0.25) is 4.79 Å². The highest BCUT2D eigenvalue weighted by molar-refractivity contribution is 9.10. The van der Waals surface area contributed by atoms with Crippen molar-refractivity contribution in [2.24, 2.45) is 5.92 Å². The van der Waals surface area contributed by atoms with Crippen LogP contribution in [0, 0.1) is 5.92 Å². The van der Waals surface area contributed by atoms with E-state index in [1.54, 1.807) is 18.2 Å². The summed E-state index contributed by atoms with van der Waals surface area (Å²) in [6.07, 6.45) is 1.13. The van der Waals surface area contributed by atoms with Crippen molar-refractivity contribution in [2.45, 2.75) is 24.7 Å². The number of halogens is 1. The lowest BCUT2D eigenvalue weighted by atomic mass is 10.1. The number of rotatable bonds is 7. The molecule has 0 radical (unpaired) electrons. The summed E-state index contributed by atoms with van der Waals surface area (Å²) in [5.41, 5.74) is 0. The van der Waals surface area contributed by atoms with Gasteiger partial charge in [0, 0.05) is 11.0 Å². The summed E-state index contributed by atoms with van der Waals surface area (Å²) in [4.78, 5) is 11.1. The third-order valence-corrected chi connectivity index (χ3v) is 5.07. The Morgan fingerprint density at radius 2 is 2.05 bits per heavy atom. The van der Waals surface area contributed by atoms with Crippen LogP contribution in [0.2, 0.25) is 0 Å². The second-order valence-corrected chi connectivity index (χ2v) is 6.70. The monoisotopic (exact) mass is 349 g/mol. The Kier molecular flexibility index (Phi) is 5.96. The van der Waals surface area contributed by atoms with Gasteiger partial charge in [0.25, 0.3) is 0 Å². The molecule has 0 fully saturated rings. The van der Waals surface area contributed by atoms with Gasteiger partial charge in [0.05, 0.1) is 10.8 Å². The van der Waals surface area contributed by atoms with E-state index >= 15 is 0 Å². The number of sulfonamides is 1. The summed E-state index contributed by atoms with van der Waals surface area (Å²) in [6.45, 7) is 1.76. The summed E-state index contributed by atoms with van der Waals surface area (Å²) < 4.78 is 26.9. The Morgan fingerprint density at radius 3 is 2.58 bits per heavy atom. The molecule has 0 aromatic heterocycles. The van der Waals surface area contributed by atoms with Crippen LogP contribution in [0.5, 0.6) is 0 Å². The van der Waals surface area contributed by atoms with Gasteiger partial charge < -0.3 is 5.11 Å². The third kappa shape index (κ3) is 4.59. The lowest BCUT2D eigenvalue weighted by molar-refractivity contribution is -0.141. The van der Waals surface area contributed by atoms with E-state index in [1.807, 2.05) is 6.92 Å². The van der Waals surface area contributed by atoms with Gasteiger partial charge in [0.15, 0.2) is 0 Å². The SMILES string of the molecule is CCCC(CNS(=O)(=O)c1ccccc1Br)C(=O)O. The minimum absolute atomic E-state index is 0.104. The summed E-state index contributed by atoms with van der Waals surface area (Å²) in [6, 6.07) is 6.40. The summed E-state index contributed by atoms with van der Waals surface area (Å²) in [5, 5.41) is 8.98. The fraction of sp³-hybridized carbons (Fsp3) is 0.417. The molecule has 0 saturated heterocycles. The third-order valence-electron chi connectivity index (χ3n) is 2.63. The highest BCUT2D eigenvalue weighted by Gasteiger charge is 2.22. The van der Waals surface area contributed by atoms with Crippen LogP contribution < -0.4 is 4.72 Å². The van der Waals surface area contributed by atoms with Crippen molar-refractivity contribution >= 4 is 31.9 Å². The quantitative estimate of drug-likeness (QED) is 0.790. The molecule has 0 aliphatic heterocycles. The van der Waals surface area contributed by atoms with Crippen molar-refractivity contribution < 1.29 is 18.3 Å². The number of hydrogen-bond acceptors (Lipinski definition) is 3. The van der Waals surface area contributed by atoms with E-state index in [0.29, 0.717) is 17.3 Å². The molecule has 1 atom stereocenters. The zero-order valence-electron chi connectivity index (χ0n) is 10.5. The normalized spacial score (nSPS) is 13.2. The summed E-state index contributed by atoms with van der Waals surface area (Å²) in [7, 11) is -3.70. The predicted molar refractivity (Wildman–Crippen MR) is 75.4 cm³/mol. The summed E-state index contributed by atoms with van der Waals surface area (Å²) in [5.74, 6) is -1.70. The molecular weight excluding hydrogens is 334 g/mol. The van der Waals surface area contributed by atoms with Crippen LogP contribution in [0.25, 0.3) is 0 Å². The second-order valence-electron chi connectivity index (χ2n) is 4.11. The molecule has 5 nitrogen and oxygen atoms in total. The van der Waals surface area contributed by atoms with Gasteiger partial charge in [-0.05, 0) is 34.5 Å². The van der Waals surface area contributed by atoms with Gasteiger partial charge in [-0.1, -0.05) is 25.5 Å². The van der Waals surface area contributed by atoms with Crippen LogP contribution in [0.3, 0.4) is 0 Å². The molecule has 0 aliphatic rings. The van der Waals surface area contributed by atoms with Crippen LogP contribution in [0.1, 0.15) is 19.8 Å². The zero-order valence-corrected chi connectivity index (χ0v) is 12.9. The Morgan fingerprint density at radius 1 is 1.42 bits per heavy atom. The molecule has 1 aromatic rings. The van der Waals surface area contributed by atoms with Gasteiger partial charge in [0.2, 0.25) is 10.0 Å². The molecule has 0 aliphatic carbocycles. The first-order valence-electron chi connectivity index (χ1n) is 5.85. The van der Waals surface area contributed by atoms with Crippen molar-refractivity contribution in [1.82, 2.24) is 4.72 Å². The average Bonchev–Trinajstić information content (AvgIpc) is 2.34. The Labute approximate surface area is 121 Å². The first kappa shape index (κ1) is 16.1. The van der Waals surface area contributed by atoms with Crippen molar-refractivity contribution in [3.63, 3.8) is 0 Å². The van der Waals surface area contributed by atoms with Crippen LogP contribution in [-0.4, -0.2) is 26.0 Å². The molecule has 106 valence electrons. The van der Waals surface area contributed by atoms with Gasteiger partial charge in [0.1, 0.15) is 0 Å². The molecule has 1 aromatic carbocycles. The Hall–Kier alpha value is -0.920. The fourth-order valence-corrected chi connectivity index (χ4v) is 3.69. The molecule has 7 heteroatoms. The Balaban J connectivity index is 2.81. The van der Waals surface area contributed by atoms with E-state index < -0.39 is 21.9 Å². The number of nitrogens with one attached hydrogen (secondary N) is 1. The molecular formula is C12H16BrNO4S. The maximum Gasteiger partial charge on any atom is 0.307 e. The molecule has 0 amide bonds. The summed E-state index contributed by atoms with van der Waals surface area (Å²) >= 11 is 3.16. The number of carboxylic acid groups (broad SMARTS) is 1. The van der Waals surface area contributed by atoms with E-state index in [2.05, 4.69) is 20.7 Å². The van der Waals surface area contributed by atoms with Crippen LogP contribution >= 0.6 is 15.9 Å². The molecule has 0 bridgehead atoms. The van der Waals surface area contributed by atoms with Crippen LogP contribution in [-0.2, 0) is 14.8 Å². The van der Waals surface area contributed by atoms with E-state index in [4.69, 9.17) is 5.11 Å². The lowest BCUT2D eigenvalue weighted by Crippen LogP contribution is -2.33. The lowest BCUT2D eigenvalue weighted by Gasteiger charge is -2.13. The molecule has 0 saturated carbocycles. The molecule has 1 unspecified atom stereocenters. The number of hydrogen-bond donors (Lipinski definition) is 2. The average molecular weight is 350 g/mol. The minimum atomic E-state index is -3.70. The maximum atomic E-state index is 12.1. The molecule has 0 heterocycles. The maximum absolute atomic E-state index is 12.1. The van der Waals surface area contributed by atoms with Crippen LogP contribution in [0.4, 0.5) is 0 Å². The molecule has 1 rings (SSSR count). The minimum Gasteiger partial charge on any atom is -0.481 e. The fourth-order valence-electron chi connectivity index (χ4n) is 1.61.